The van der Waals surface area contributed by atoms with Crippen LogP contribution in [0.2, 0.25) is 0 Å². The van der Waals surface area contributed by atoms with Crippen molar-refractivity contribution < 1.29 is 33.5 Å². The van der Waals surface area contributed by atoms with E-state index in [1.807, 2.05) is 0 Å². The molecule has 170 valence electrons. The molecule has 0 radical (unpaired) electrons. The van der Waals surface area contributed by atoms with Gasteiger partial charge in [0.15, 0.2) is 7.26 Å². The fourth-order valence-corrected chi connectivity index (χ4v) is 9.00. The van der Waals surface area contributed by atoms with Gasteiger partial charge in [0.05, 0.1) is 13.2 Å². The van der Waals surface area contributed by atoms with Gasteiger partial charge in [-0.3, -0.25) is 0 Å². The number of benzene rings is 3. The second-order valence-corrected chi connectivity index (χ2v) is 10.9. The lowest BCUT2D eigenvalue weighted by Gasteiger charge is -2.41. The minimum Gasteiger partial charge on any atom is -1.00 e. The molecule has 32 heavy (non-hydrogen) atoms. The monoisotopic (exact) mass is 560 g/mol. The Balaban J connectivity index is 0.00000363. The quantitative estimate of drug-likeness (QED) is 0.156. The smallest absolute Gasteiger partial charge is 0.318 e. The van der Waals surface area contributed by atoms with Crippen molar-refractivity contribution in [1.82, 2.24) is 0 Å². The summed E-state index contributed by atoms with van der Waals surface area (Å²) in [6, 6.07) is 32.3. The first-order chi connectivity index (χ1) is 15.2. The molecule has 0 amide bonds. The van der Waals surface area contributed by atoms with Gasteiger partial charge in [0.25, 0.3) is 0 Å². The molecule has 3 aromatic carbocycles. The lowest BCUT2D eigenvalue weighted by Crippen LogP contribution is -3.00. The standard InChI is InChI=1S/C28H34O2P.HI/c1-4-7-17-24-28(29-5-2,30-6-3)31(25-18-11-8-12-19-25,26-20-13-9-14-21-26)27-22-15-10-16-23-27;/h8-24H,4-7H2,1-3H3;1H/q+1;/p-1/b24-17-;. The van der Waals surface area contributed by atoms with Crippen LogP contribution in [0.25, 0.3) is 0 Å². The van der Waals surface area contributed by atoms with Crippen LogP contribution < -0.4 is 39.9 Å². The van der Waals surface area contributed by atoms with E-state index in [1.54, 1.807) is 0 Å². The second kappa shape index (κ2) is 13.3. The molecule has 3 aromatic rings. The molecule has 3 rings (SSSR count). The molecule has 0 aliphatic rings. The van der Waals surface area contributed by atoms with Crippen LogP contribution in [0.1, 0.15) is 33.6 Å². The van der Waals surface area contributed by atoms with Crippen LogP contribution in [0.5, 0.6) is 0 Å². The van der Waals surface area contributed by atoms with Gasteiger partial charge in [-0.25, -0.2) is 0 Å². The highest BCUT2D eigenvalue weighted by molar-refractivity contribution is 7.96. The zero-order chi connectivity index (χ0) is 22.0. The predicted molar refractivity (Wildman–Crippen MR) is 135 cm³/mol. The van der Waals surface area contributed by atoms with Crippen LogP contribution in [0.15, 0.2) is 103 Å². The number of ether oxygens (including phenoxy) is 2. The Kier molecular flexibility index (Phi) is 11.1. The van der Waals surface area contributed by atoms with Crippen molar-refractivity contribution in [3.05, 3.63) is 103 Å². The molecule has 0 aliphatic heterocycles. The summed E-state index contributed by atoms with van der Waals surface area (Å²) in [7, 11) is -2.40. The Labute approximate surface area is 211 Å². The Morgan fingerprint density at radius 1 is 0.656 bits per heavy atom. The topological polar surface area (TPSA) is 18.5 Å². The molecule has 0 saturated heterocycles. The van der Waals surface area contributed by atoms with Crippen molar-refractivity contribution in [2.45, 2.75) is 39.1 Å². The summed E-state index contributed by atoms with van der Waals surface area (Å²) in [6.45, 7) is 7.42. The predicted octanol–water partition coefficient (Wildman–Crippen LogP) is 3.07. The molecule has 0 fully saturated rings. The molecule has 0 unspecified atom stereocenters. The Morgan fingerprint density at radius 2 is 1.03 bits per heavy atom. The van der Waals surface area contributed by atoms with Gasteiger partial charge < -0.3 is 33.5 Å². The molecular formula is C28H34IO2P. The van der Waals surface area contributed by atoms with E-state index in [-0.39, 0.29) is 24.0 Å². The Hall–Kier alpha value is -1.52. The first-order valence-electron chi connectivity index (χ1n) is 11.3. The largest absolute Gasteiger partial charge is 1.00 e. The number of hydrogen-bond acceptors (Lipinski definition) is 2. The summed E-state index contributed by atoms with van der Waals surface area (Å²) in [4.78, 5) is 0. The number of rotatable bonds is 11. The Morgan fingerprint density at radius 3 is 1.34 bits per heavy atom. The van der Waals surface area contributed by atoms with E-state index >= 15 is 0 Å². The molecule has 0 spiro atoms. The molecule has 0 aliphatic carbocycles. The number of halogens is 1. The van der Waals surface area contributed by atoms with Crippen molar-refractivity contribution in [3.8, 4) is 0 Å². The maximum atomic E-state index is 6.69. The zero-order valence-electron chi connectivity index (χ0n) is 19.3. The minimum atomic E-state index is -2.40. The van der Waals surface area contributed by atoms with Gasteiger partial charge >= 0.3 is 5.53 Å². The second-order valence-electron chi connectivity index (χ2n) is 7.37. The lowest BCUT2D eigenvalue weighted by molar-refractivity contribution is -0.137. The van der Waals surface area contributed by atoms with Crippen LogP contribution in [0, 0.1) is 0 Å². The summed E-state index contributed by atoms with van der Waals surface area (Å²) in [5, 5.41) is 3.74. The van der Waals surface area contributed by atoms with E-state index in [0.29, 0.717) is 13.2 Å². The van der Waals surface area contributed by atoms with Crippen LogP contribution in [0.4, 0.5) is 0 Å². The first kappa shape index (κ1) is 26.7. The summed E-state index contributed by atoms with van der Waals surface area (Å²) >= 11 is 0. The highest BCUT2D eigenvalue weighted by Gasteiger charge is 2.64. The highest BCUT2D eigenvalue weighted by atomic mass is 127. The normalized spacial score (nSPS) is 12.0. The van der Waals surface area contributed by atoms with Gasteiger partial charge in [-0.15, -0.1) is 0 Å². The van der Waals surface area contributed by atoms with Gasteiger partial charge in [-0.05, 0) is 56.7 Å². The molecule has 0 N–H and O–H groups in total. The third kappa shape index (κ3) is 5.34. The van der Waals surface area contributed by atoms with Gasteiger partial charge in [0, 0.05) is 6.08 Å². The fourth-order valence-electron chi connectivity index (χ4n) is 4.20. The van der Waals surface area contributed by atoms with E-state index in [0.717, 1.165) is 12.8 Å². The number of hydrogen-bond donors (Lipinski definition) is 0. The minimum absolute atomic E-state index is 0. The van der Waals surface area contributed by atoms with Crippen LogP contribution >= 0.6 is 7.26 Å². The number of unbranched alkanes of at least 4 members (excludes halogenated alkanes) is 1. The van der Waals surface area contributed by atoms with Crippen molar-refractivity contribution in [1.29, 1.82) is 0 Å². The van der Waals surface area contributed by atoms with Gasteiger partial charge in [0.1, 0.15) is 15.9 Å². The van der Waals surface area contributed by atoms with E-state index in [1.165, 1.54) is 15.9 Å². The third-order valence-electron chi connectivity index (χ3n) is 5.38. The molecule has 0 saturated carbocycles. The Bertz CT molecular complexity index is 827. The van der Waals surface area contributed by atoms with Crippen molar-refractivity contribution in [2.24, 2.45) is 0 Å². The van der Waals surface area contributed by atoms with Crippen LogP contribution in [-0.2, 0) is 9.47 Å². The van der Waals surface area contributed by atoms with Crippen LogP contribution in [-0.4, -0.2) is 18.7 Å². The van der Waals surface area contributed by atoms with Gasteiger partial charge in [-0.1, -0.05) is 74.0 Å². The van der Waals surface area contributed by atoms with E-state index in [2.05, 4.69) is 124 Å². The average molecular weight is 560 g/mol. The van der Waals surface area contributed by atoms with E-state index < -0.39 is 12.8 Å². The van der Waals surface area contributed by atoms with E-state index in [9.17, 15) is 0 Å². The zero-order valence-corrected chi connectivity index (χ0v) is 22.3. The molecule has 0 heterocycles. The summed E-state index contributed by atoms with van der Waals surface area (Å²) in [5.41, 5.74) is -0.893. The maximum absolute atomic E-state index is 6.69. The molecule has 0 atom stereocenters. The van der Waals surface area contributed by atoms with Crippen molar-refractivity contribution in [2.75, 3.05) is 13.2 Å². The summed E-state index contributed by atoms with van der Waals surface area (Å²) in [6.07, 6.45) is 6.50. The lowest BCUT2D eigenvalue weighted by atomic mass is 10.3. The summed E-state index contributed by atoms with van der Waals surface area (Å²) < 4.78 is 13.4. The molecule has 4 heteroatoms. The summed E-state index contributed by atoms with van der Waals surface area (Å²) in [5.74, 6) is 0. The average Bonchev–Trinajstić information content (AvgIpc) is 2.82. The van der Waals surface area contributed by atoms with Crippen molar-refractivity contribution >= 4 is 23.2 Å². The maximum Gasteiger partial charge on any atom is 0.318 e. The SMILES string of the molecule is CCC/C=C\C(OCC)(OCC)[P+](c1ccccc1)(c1ccccc1)c1ccccc1.[I-]. The highest BCUT2D eigenvalue weighted by Crippen LogP contribution is 2.67. The van der Waals surface area contributed by atoms with Crippen molar-refractivity contribution in [3.63, 3.8) is 0 Å². The van der Waals surface area contributed by atoms with Gasteiger partial charge in [-0.2, -0.15) is 0 Å². The molecule has 0 bridgehead atoms. The molecular weight excluding hydrogens is 526 g/mol. The third-order valence-corrected chi connectivity index (χ3v) is 9.94. The molecule has 2 nitrogen and oxygen atoms in total. The number of allylic oxidation sites excluding steroid dienone is 1. The van der Waals surface area contributed by atoms with Gasteiger partial charge in [0.2, 0.25) is 0 Å². The van der Waals surface area contributed by atoms with Crippen LogP contribution in [0.3, 0.4) is 0 Å². The molecule has 0 aromatic heterocycles. The fraction of sp³-hybridized carbons (Fsp3) is 0.286. The van der Waals surface area contributed by atoms with E-state index in [4.69, 9.17) is 9.47 Å². The first-order valence-corrected chi connectivity index (χ1v) is 13.1.